The van der Waals surface area contributed by atoms with Crippen LogP contribution in [-0.2, 0) is 0 Å². The Balaban J connectivity index is 2.18. The zero-order chi connectivity index (χ0) is 8.97. The maximum absolute atomic E-state index is 3.93. The Morgan fingerprint density at radius 1 is 1.58 bits per heavy atom. The molecule has 1 rings (SSSR count). The highest BCUT2D eigenvalue weighted by Gasteiger charge is 2.17. The van der Waals surface area contributed by atoms with Crippen molar-refractivity contribution in [3.63, 3.8) is 0 Å². The van der Waals surface area contributed by atoms with Crippen molar-refractivity contribution in [2.24, 2.45) is 5.92 Å². The van der Waals surface area contributed by atoms with E-state index in [2.05, 4.69) is 25.7 Å². The minimum absolute atomic E-state index is 0.755. The van der Waals surface area contributed by atoms with Crippen LogP contribution in [0.25, 0.3) is 0 Å². The molecule has 1 aliphatic rings. The van der Waals surface area contributed by atoms with Gasteiger partial charge in [0, 0.05) is 6.04 Å². The van der Waals surface area contributed by atoms with Crippen LogP contribution < -0.4 is 5.32 Å². The largest absolute Gasteiger partial charge is 0.314 e. The van der Waals surface area contributed by atoms with E-state index in [1.165, 1.54) is 37.8 Å². The Morgan fingerprint density at radius 2 is 2.33 bits per heavy atom. The maximum Gasteiger partial charge on any atom is 0.00726 e. The Morgan fingerprint density at radius 3 is 2.92 bits per heavy atom. The molecule has 0 aromatic rings. The fourth-order valence-electron chi connectivity index (χ4n) is 1.86. The molecule has 0 bridgehead atoms. The Bertz CT molecular complexity index is 151. The first-order valence-electron chi connectivity index (χ1n) is 5.06. The van der Waals surface area contributed by atoms with Gasteiger partial charge in [0.1, 0.15) is 0 Å². The van der Waals surface area contributed by atoms with Gasteiger partial charge in [0.2, 0.25) is 0 Å². The lowest BCUT2D eigenvalue weighted by Crippen LogP contribution is -2.37. The number of piperidine rings is 1. The van der Waals surface area contributed by atoms with Crippen molar-refractivity contribution >= 4 is 0 Å². The molecule has 0 aliphatic carbocycles. The molecule has 70 valence electrons. The number of hydrogen-bond donors (Lipinski definition) is 1. The van der Waals surface area contributed by atoms with Crippen LogP contribution in [-0.4, -0.2) is 12.6 Å². The zero-order valence-electron chi connectivity index (χ0n) is 8.40. The quantitative estimate of drug-likeness (QED) is 0.637. The summed E-state index contributed by atoms with van der Waals surface area (Å²) in [6.07, 6.45) is 5.17. The molecule has 1 saturated heterocycles. The molecule has 0 spiro atoms. The highest BCUT2D eigenvalue weighted by atomic mass is 14.9. The van der Waals surface area contributed by atoms with Crippen LogP contribution in [0.1, 0.15) is 39.5 Å². The summed E-state index contributed by atoms with van der Waals surface area (Å²) in [6.45, 7) is 9.61. The second kappa shape index (κ2) is 4.66. The van der Waals surface area contributed by atoms with E-state index >= 15 is 0 Å². The van der Waals surface area contributed by atoms with Gasteiger partial charge in [0.05, 0.1) is 0 Å². The first kappa shape index (κ1) is 9.79. The molecule has 2 unspecified atom stereocenters. The van der Waals surface area contributed by atoms with Gasteiger partial charge in [-0.2, -0.15) is 0 Å². The summed E-state index contributed by atoms with van der Waals surface area (Å²) in [5.74, 6) is 0.918. The molecule has 0 aromatic heterocycles. The van der Waals surface area contributed by atoms with Crippen LogP contribution in [0.4, 0.5) is 0 Å². The highest BCUT2D eigenvalue weighted by molar-refractivity contribution is 4.90. The Hall–Kier alpha value is -0.300. The van der Waals surface area contributed by atoms with E-state index in [1.807, 2.05) is 0 Å². The summed E-state index contributed by atoms with van der Waals surface area (Å²) < 4.78 is 0. The Labute approximate surface area is 76.2 Å². The smallest absolute Gasteiger partial charge is 0.00726 e. The van der Waals surface area contributed by atoms with Gasteiger partial charge in [-0.05, 0) is 45.1 Å². The third kappa shape index (κ3) is 3.40. The van der Waals surface area contributed by atoms with Crippen LogP contribution in [0.15, 0.2) is 12.2 Å². The highest BCUT2D eigenvalue weighted by Crippen LogP contribution is 2.19. The summed E-state index contributed by atoms with van der Waals surface area (Å²) in [6, 6.07) is 0.755. The number of nitrogens with one attached hydrogen (secondary N) is 1. The molecule has 1 heteroatoms. The molecule has 2 atom stereocenters. The molecule has 1 nitrogen and oxygen atoms in total. The van der Waals surface area contributed by atoms with Crippen LogP contribution in [0.2, 0.25) is 0 Å². The van der Waals surface area contributed by atoms with E-state index < -0.39 is 0 Å². The molecule has 1 N–H and O–H groups in total. The van der Waals surface area contributed by atoms with Crippen LogP contribution in [0.3, 0.4) is 0 Å². The third-order valence-corrected chi connectivity index (χ3v) is 2.68. The van der Waals surface area contributed by atoms with Crippen LogP contribution >= 0.6 is 0 Å². The lowest BCUT2D eigenvalue weighted by molar-refractivity contribution is 0.308. The van der Waals surface area contributed by atoms with Gasteiger partial charge in [-0.25, -0.2) is 0 Å². The molecule has 0 aromatic carbocycles. The van der Waals surface area contributed by atoms with Gasteiger partial charge < -0.3 is 5.32 Å². The molecular weight excluding hydrogens is 146 g/mol. The number of rotatable bonds is 3. The molecule has 0 radical (unpaired) electrons. The van der Waals surface area contributed by atoms with Gasteiger partial charge >= 0.3 is 0 Å². The third-order valence-electron chi connectivity index (χ3n) is 2.68. The minimum atomic E-state index is 0.755. The summed E-state index contributed by atoms with van der Waals surface area (Å²) in [5, 5.41) is 3.56. The molecule has 1 aliphatic heterocycles. The van der Waals surface area contributed by atoms with Gasteiger partial charge in [-0.3, -0.25) is 0 Å². The monoisotopic (exact) mass is 167 g/mol. The van der Waals surface area contributed by atoms with Gasteiger partial charge in [0.25, 0.3) is 0 Å². The fraction of sp³-hybridized carbons (Fsp3) is 0.818. The first-order chi connectivity index (χ1) is 5.68. The molecular formula is C11H21N. The second-order valence-electron chi connectivity index (χ2n) is 4.28. The molecule has 0 amide bonds. The molecule has 1 fully saturated rings. The van der Waals surface area contributed by atoms with E-state index in [0.717, 1.165) is 12.0 Å². The summed E-state index contributed by atoms with van der Waals surface area (Å²) in [4.78, 5) is 0. The topological polar surface area (TPSA) is 12.0 Å². The van der Waals surface area contributed by atoms with Crippen molar-refractivity contribution in [2.75, 3.05) is 6.54 Å². The van der Waals surface area contributed by atoms with Crippen molar-refractivity contribution < 1.29 is 0 Å². The normalized spacial score (nSPS) is 30.2. The van der Waals surface area contributed by atoms with Crippen LogP contribution in [0.5, 0.6) is 0 Å². The van der Waals surface area contributed by atoms with E-state index in [4.69, 9.17) is 0 Å². The van der Waals surface area contributed by atoms with E-state index in [9.17, 15) is 0 Å². The standard InChI is InChI=1S/C11H21N/c1-9(2)4-5-11-8-10(3)6-7-12-11/h10-12H,1,4-8H2,2-3H3. The van der Waals surface area contributed by atoms with Gasteiger partial charge in [0.15, 0.2) is 0 Å². The van der Waals surface area contributed by atoms with E-state index in [0.29, 0.717) is 0 Å². The lowest BCUT2D eigenvalue weighted by Gasteiger charge is -2.28. The average Bonchev–Trinajstić information content (AvgIpc) is 2.01. The maximum atomic E-state index is 3.93. The fourth-order valence-corrected chi connectivity index (χ4v) is 1.86. The average molecular weight is 167 g/mol. The predicted octanol–water partition coefficient (Wildman–Crippen LogP) is 2.73. The van der Waals surface area contributed by atoms with Crippen LogP contribution in [0, 0.1) is 5.92 Å². The van der Waals surface area contributed by atoms with E-state index in [-0.39, 0.29) is 0 Å². The summed E-state index contributed by atoms with van der Waals surface area (Å²) >= 11 is 0. The predicted molar refractivity (Wildman–Crippen MR) is 54.2 cm³/mol. The van der Waals surface area contributed by atoms with Crippen molar-refractivity contribution in [1.29, 1.82) is 0 Å². The first-order valence-corrected chi connectivity index (χ1v) is 5.06. The van der Waals surface area contributed by atoms with Crippen molar-refractivity contribution in [2.45, 2.75) is 45.6 Å². The molecule has 0 saturated carbocycles. The number of hydrogen-bond acceptors (Lipinski definition) is 1. The summed E-state index contributed by atoms with van der Waals surface area (Å²) in [5.41, 5.74) is 1.31. The van der Waals surface area contributed by atoms with Gasteiger partial charge in [-0.15, -0.1) is 6.58 Å². The number of allylic oxidation sites excluding steroid dienone is 1. The Kier molecular flexibility index (Phi) is 3.80. The summed E-state index contributed by atoms with van der Waals surface area (Å²) in [7, 11) is 0. The molecule has 12 heavy (non-hydrogen) atoms. The van der Waals surface area contributed by atoms with Crippen molar-refractivity contribution in [3.8, 4) is 0 Å². The second-order valence-corrected chi connectivity index (χ2v) is 4.28. The lowest BCUT2D eigenvalue weighted by atomic mass is 9.91. The minimum Gasteiger partial charge on any atom is -0.314 e. The van der Waals surface area contributed by atoms with Crippen molar-refractivity contribution in [3.05, 3.63) is 12.2 Å². The zero-order valence-corrected chi connectivity index (χ0v) is 8.40. The SMILES string of the molecule is C=C(C)CCC1CC(C)CCN1. The van der Waals surface area contributed by atoms with E-state index in [1.54, 1.807) is 0 Å². The van der Waals surface area contributed by atoms with Gasteiger partial charge in [-0.1, -0.05) is 12.5 Å². The molecule has 1 heterocycles. The van der Waals surface area contributed by atoms with Crippen molar-refractivity contribution in [1.82, 2.24) is 5.32 Å².